The molecule has 0 aliphatic carbocycles. The Bertz CT molecular complexity index is 607. The van der Waals surface area contributed by atoms with Crippen molar-refractivity contribution >= 4 is 17.3 Å². The monoisotopic (exact) mass is 279 g/mol. The Balaban J connectivity index is 2.91. The van der Waals surface area contributed by atoms with Crippen LogP contribution in [0.3, 0.4) is 0 Å². The van der Waals surface area contributed by atoms with E-state index >= 15 is 0 Å². The molecule has 0 radical (unpaired) electrons. The lowest BCUT2D eigenvalue weighted by Crippen LogP contribution is -2.08. The van der Waals surface area contributed by atoms with Gasteiger partial charge in [-0.1, -0.05) is 0 Å². The van der Waals surface area contributed by atoms with E-state index in [0.717, 1.165) is 24.4 Å². The summed E-state index contributed by atoms with van der Waals surface area (Å²) in [4.78, 5) is 21.0. The Morgan fingerprint density at radius 1 is 1.65 bits per heavy atom. The third-order valence-corrected chi connectivity index (χ3v) is 2.15. The fourth-order valence-corrected chi connectivity index (χ4v) is 1.23. The van der Waals surface area contributed by atoms with E-state index in [0.29, 0.717) is 0 Å². The molecule has 0 aromatic heterocycles. The fourth-order valence-electron chi connectivity index (χ4n) is 1.23. The molecular weight excluding hydrogens is 269 g/mol. The van der Waals surface area contributed by atoms with Crippen LogP contribution in [0.2, 0.25) is 0 Å². The molecule has 0 bridgehead atoms. The average Bonchev–Trinajstić information content (AvgIpc) is 2.41. The molecule has 0 atom stereocenters. The highest BCUT2D eigenvalue weighted by molar-refractivity contribution is 5.93. The number of carbonyl (C=O) groups excluding carboxylic acids is 1. The van der Waals surface area contributed by atoms with Gasteiger partial charge in [0.15, 0.2) is 11.4 Å². The standard InChI is InChI=1S/C12H10FN3O4/c1-2-20-12(17)8(6-14)7-15-11-4-3-9(16(18)19)5-10(11)13/h3-5,7,15H,2H2,1H3. The Morgan fingerprint density at radius 3 is 2.85 bits per heavy atom. The van der Waals surface area contributed by atoms with Crippen molar-refractivity contribution in [2.24, 2.45) is 0 Å². The van der Waals surface area contributed by atoms with Crippen LogP contribution in [0, 0.1) is 27.3 Å². The Labute approximate surface area is 113 Å². The minimum absolute atomic E-state index is 0.101. The van der Waals surface area contributed by atoms with E-state index in [9.17, 15) is 19.3 Å². The van der Waals surface area contributed by atoms with Gasteiger partial charge in [0, 0.05) is 12.3 Å². The Hall–Kier alpha value is -2.95. The van der Waals surface area contributed by atoms with Crippen LogP contribution in [0.1, 0.15) is 6.92 Å². The molecule has 1 aromatic rings. The number of nitrogens with zero attached hydrogens (tertiary/aromatic N) is 2. The van der Waals surface area contributed by atoms with E-state index in [2.05, 4.69) is 10.1 Å². The van der Waals surface area contributed by atoms with Gasteiger partial charge in [0.25, 0.3) is 5.69 Å². The van der Waals surface area contributed by atoms with Gasteiger partial charge in [-0.15, -0.1) is 0 Å². The summed E-state index contributed by atoms with van der Waals surface area (Å²) in [6.45, 7) is 1.68. The normalized spacial score (nSPS) is 10.6. The smallest absolute Gasteiger partial charge is 0.350 e. The number of rotatable bonds is 5. The first-order valence-corrected chi connectivity index (χ1v) is 5.47. The number of hydrogen-bond acceptors (Lipinski definition) is 6. The van der Waals surface area contributed by atoms with Gasteiger partial charge in [0.05, 0.1) is 23.3 Å². The molecular formula is C12H10FN3O4. The van der Waals surface area contributed by atoms with Crippen LogP contribution in [0.4, 0.5) is 15.8 Å². The fraction of sp³-hybridized carbons (Fsp3) is 0.167. The molecule has 0 heterocycles. The highest BCUT2D eigenvalue weighted by Crippen LogP contribution is 2.20. The average molecular weight is 279 g/mol. The van der Waals surface area contributed by atoms with Crippen molar-refractivity contribution in [3.8, 4) is 6.07 Å². The zero-order valence-electron chi connectivity index (χ0n) is 10.4. The number of benzene rings is 1. The first kappa shape index (κ1) is 15.1. The lowest BCUT2D eigenvalue weighted by atomic mass is 10.2. The third-order valence-electron chi connectivity index (χ3n) is 2.15. The minimum Gasteiger partial charge on any atom is -0.462 e. The molecule has 1 aromatic carbocycles. The number of ether oxygens (including phenoxy) is 1. The Kier molecular flexibility index (Phi) is 5.17. The number of anilines is 1. The molecule has 0 unspecified atom stereocenters. The number of hydrogen-bond donors (Lipinski definition) is 1. The van der Waals surface area contributed by atoms with E-state index in [4.69, 9.17) is 5.26 Å². The van der Waals surface area contributed by atoms with Crippen molar-refractivity contribution in [3.63, 3.8) is 0 Å². The number of nitro groups is 1. The SMILES string of the molecule is CCOC(=O)C(C#N)=CNc1ccc([N+](=O)[O-])cc1F. The lowest BCUT2D eigenvalue weighted by molar-refractivity contribution is -0.385. The number of nitro benzene ring substituents is 1. The molecule has 8 heteroatoms. The molecule has 104 valence electrons. The van der Waals surface area contributed by atoms with Crippen molar-refractivity contribution in [1.82, 2.24) is 0 Å². The van der Waals surface area contributed by atoms with Gasteiger partial charge in [0.1, 0.15) is 6.07 Å². The summed E-state index contributed by atoms with van der Waals surface area (Å²) < 4.78 is 18.1. The zero-order valence-corrected chi connectivity index (χ0v) is 10.4. The molecule has 0 aliphatic rings. The minimum atomic E-state index is -0.878. The maximum Gasteiger partial charge on any atom is 0.350 e. The largest absolute Gasteiger partial charge is 0.462 e. The van der Waals surface area contributed by atoms with Gasteiger partial charge in [-0.25, -0.2) is 9.18 Å². The highest BCUT2D eigenvalue weighted by atomic mass is 19.1. The highest BCUT2D eigenvalue weighted by Gasteiger charge is 2.12. The summed E-state index contributed by atoms with van der Waals surface area (Å²) in [6.07, 6.45) is 0.974. The van der Waals surface area contributed by atoms with Crippen LogP contribution in [-0.4, -0.2) is 17.5 Å². The van der Waals surface area contributed by atoms with Gasteiger partial charge in [-0.3, -0.25) is 10.1 Å². The van der Waals surface area contributed by atoms with E-state index in [1.165, 1.54) is 0 Å². The number of carbonyl (C=O) groups is 1. The molecule has 0 amide bonds. The number of nitriles is 1. The molecule has 0 saturated carbocycles. The van der Waals surface area contributed by atoms with Crippen LogP contribution in [0.5, 0.6) is 0 Å². The number of esters is 1. The molecule has 20 heavy (non-hydrogen) atoms. The van der Waals surface area contributed by atoms with Gasteiger partial charge < -0.3 is 10.1 Å². The summed E-state index contributed by atoms with van der Waals surface area (Å²) in [7, 11) is 0. The summed E-state index contributed by atoms with van der Waals surface area (Å²) in [5, 5.41) is 21.6. The van der Waals surface area contributed by atoms with Crippen molar-refractivity contribution in [2.45, 2.75) is 6.92 Å². The van der Waals surface area contributed by atoms with Gasteiger partial charge in [-0.2, -0.15) is 5.26 Å². The van der Waals surface area contributed by atoms with Crippen molar-refractivity contribution < 1.29 is 18.8 Å². The number of nitrogens with one attached hydrogen (secondary N) is 1. The van der Waals surface area contributed by atoms with E-state index in [1.54, 1.807) is 13.0 Å². The van der Waals surface area contributed by atoms with Gasteiger partial charge >= 0.3 is 5.97 Å². The quantitative estimate of drug-likeness (QED) is 0.291. The third kappa shape index (κ3) is 3.78. The van der Waals surface area contributed by atoms with E-state index in [1.807, 2.05) is 0 Å². The summed E-state index contributed by atoms with van der Waals surface area (Å²) >= 11 is 0. The second-order valence-corrected chi connectivity index (χ2v) is 3.46. The molecule has 0 aliphatic heterocycles. The van der Waals surface area contributed by atoms with Crippen molar-refractivity contribution in [2.75, 3.05) is 11.9 Å². The second-order valence-electron chi connectivity index (χ2n) is 3.46. The van der Waals surface area contributed by atoms with Crippen LogP contribution < -0.4 is 5.32 Å². The molecule has 0 saturated heterocycles. The van der Waals surface area contributed by atoms with Crippen LogP contribution in [-0.2, 0) is 9.53 Å². The van der Waals surface area contributed by atoms with E-state index < -0.39 is 22.4 Å². The maximum absolute atomic E-state index is 13.5. The van der Waals surface area contributed by atoms with E-state index in [-0.39, 0.29) is 17.9 Å². The summed E-state index contributed by atoms with van der Waals surface area (Å²) in [5.41, 5.74) is -0.847. The first-order chi connectivity index (χ1) is 9.49. The van der Waals surface area contributed by atoms with Gasteiger partial charge in [0.2, 0.25) is 0 Å². The van der Waals surface area contributed by atoms with Crippen LogP contribution >= 0.6 is 0 Å². The number of non-ortho nitro benzene ring substituents is 1. The first-order valence-electron chi connectivity index (χ1n) is 5.47. The predicted molar refractivity (Wildman–Crippen MR) is 67.0 cm³/mol. The summed E-state index contributed by atoms with van der Waals surface area (Å²) in [5.74, 6) is -1.72. The van der Waals surface area contributed by atoms with Crippen molar-refractivity contribution in [3.05, 3.63) is 45.9 Å². The van der Waals surface area contributed by atoms with Crippen molar-refractivity contribution in [1.29, 1.82) is 5.26 Å². The number of halogens is 1. The zero-order chi connectivity index (χ0) is 15.1. The molecule has 0 fully saturated rings. The topological polar surface area (TPSA) is 105 Å². The van der Waals surface area contributed by atoms with Gasteiger partial charge in [-0.05, 0) is 13.0 Å². The maximum atomic E-state index is 13.5. The molecule has 1 N–H and O–H groups in total. The lowest BCUT2D eigenvalue weighted by Gasteiger charge is -2.04. The Morgan fingerprint density at radius 2 is 2.35 bits per heavy atom. The molecule has 0 spiro atoms. The second kappa shape index (κ2) is 6.84. The molecule has 1 rings (SSSR count). The van der Waals surface area contributed by atoms with Crippen LogP contribution in [0.25, 0.3) is 0 Å². The molecule has 7 nitrogen and oxygen atoms in total. The predicted octanol–water partition coefficient (Wildman–Crippen LogP) is 2.12. The van der Waals surface area contributed by atoms with Crippen LogP contribution in [0.15, 0.2) is 30.0 Å². The summed E-state index contributed by atoms with van der Waals surface area (Å²) in [6, 6.07) is 4.55.